The molecule has 0 spiro atoms. The summed E-state index contributed by atoms with van der Waals surface area (Å²) in [6, 6.07) is 2.52. The van der Waals surface area contributed by atoms with E-state index < -0.39 is 29.9 Å². The van der Waals surface area contributed by atoms with Gasteiger partial charge in [0.05, 0.1) is 18.8 Å². The van der Waals surface area contributed by atoms with Crippen LogP contribution in [0.25, 0.3) is 0 Å². The Morgan fingerprint density at radius 2 is 2.05 bits per heavy atom. The van der Waals surface area contributed by atoms with Crippen molar-refractivity contribution < 1.29 is 23.4 Å². The van der Waals surface area contributed by atoms with Gasteiger partial charge in [0.1, 0.15) is 6.10 Å². The second-order valence-electron chi connectivity index (χ2n) is 5.83. The summed E-state index contributed by atoms with van der Waals surface area (Å²) in [5, 5.41) is 12.7. The van der Waals surface area contributed by atoms with Crippen LogP contribution < -0.4 is 5.32 Å². The highest BCUT2D eigenvalue weighted by Crippen LogP contribution is 2.29. The first-order valence-electron chi connectivity index (χ1n) is 7.43. The SMILES string of the molecule is CC(OCC1CC1)C(=O)NC(C)C(O)c1ccc(F)c(F)c1. The Labute approximate surface area is 128 Å². The van der Waals surface area contributed by atoms with Crippen molar-refractivity contribution in [3.05, 3.63) is 35.4 Å². The average molecular weight is 313 g/mol. The monoisotopic (exact) mass is 313 g/mol. The number of hydrogen-bond acceptors (Lipinski definition) is 3. The summed E-state index contributed by atoms with van der Waals surface area (Å²) in [6.07, 6.45) is 0.536. The lowest BCUT2D eigenvalue weighted by molar-refractivity contribution is -0.133. The molecule has 3 unspecified atom stereocenters. The Balaban J connectivity index is 1.87. The Morgan fingerprint density at radius 3 is 2.64 bits per heavy atom. The van der Waals surface area contributed by atoms with Gasteiger partial charge in [-0.1, -0.05) is 6.07 Å². The summed E-state index contributed by atoms with van der Waals surface area (Å²) in [4.78, 5) is 12.0. The molecular formula is C16H21F2NO3. The molecule has 1 aliphatic rings. The van der Waals surface area contributed by atoms with E-state index in [-0.39, 0.29) is 11.5 Å². The Hall–Kier alpha value is -1.53. The molecule has 1 amide bonds. The van der Waals surface area contributed by atoms with E-state index in [9.17, 15) is 18.7 Å². The highest BCUT2D eigenvalue weighted by Gasteiger charge is 2.26. The number of halogens is 2. The largest absolute Gasteiger partial charge is 0.386 e. The molecule has 122 valence electrons. The van der Waals surface area contributed by atoms with Crippen LogP contribution in [0.3, 0.4) is 0 Å². The van der Waals surface area contributed by atoms with Crippen molar-refractivity contribution >= 4 is 5.91 Å². The molecular weight excluding hydrogens is 292 g/mol. The summed E-state index contributed by atoms with van der Waals surface area (Å²) < 4.78 is 31.5. The summed E-state index contributed by atoms with van der Waals surface area (Å²) in [5.41, 5.74) is 0.207. The van der Waals surface area contributed by atoms with Crippen molar-refractivity contribution in [1.82, 2.24) is 5.32 Å². The zero-order chi connectivity index (χ0) is 16.3. The lowest BCUT2D eigenvalue weighted by Gasteiger charge is -2.22. The maximum atomic E-state index is 13.2. The van der Waals surface area contributed by atoms with Gasteiger partial charge in [-0.15, -0.1) is 0 Å². The van der Waals surface area contributed by atoms with Crippen molar-refractivity contribution in [1.29, 1.82) is 0 Å². The summed E-state index contributed by atoms with van der Waals surface area (Å²) in [7, 11) is 0. The molecule has 1 fully saturated rings. The molecule has 22 heavy (non-hydrogen) atoms. The summed E-state index contributed by atoms with van der Waals surface area (Å²) in [5.74, 6) is -1.79. The van der Waals surface area contributed by atoms with Crippen molar-refractivity contribution in [2.75, 3.05) is 6.61 Å². The average Bonchev–Trinajstić information content (AvgIpc) is 3.30. The third kappa shape index (κ3) is 4.48. The molecule has 0 aliphatic heterocycles. The van der Waals surface area contributed by atoms with E-state index in [4.69, 9.17) is 4.74 Å². The van der Waals surface area contributed by atoms with E-state index in [1.807, 2.05) is 0 Å². The van der Waals surface area contributed by atoms with E-state index in [1.165, 1.54) is 6.07 Å². The predicted molar refractivity (Wildman–Crippen MR) is 77.1 cm³/mol. The zero-order valence-corrected chi connectivity index (χ0v) is 12.7. The van der Waals surface area contributed by atoms with Crippen LogP contribution in [0.5, 0.6) is 0 Å². The maximum absolute atomic E-state index is 13.2. The molecule has 6 heteroatoms. The number of carbonyl (C=O) groups excluding carboxylic acids is 1. The molecule has 2 N–H and O–H groups in total. The molecule has 2 rings (SSSR count). The first-order chi connectivity index (χ1) is 10.4. The molecule has 4 nitrogen and oxygen atoms in total. The van der Waals surface area contributed by atoms with Crippen molar-refractivity contribution in [3.8, 4) is 0 Å². The van der Waals surface area contributed by atoms with E-state index in [0.29, 0.717) is 12.5 Å². The van der Waals surface area contributed by atoms with Crippen LogP contribution >= 0.6 is 0 Å². The lowest BCUT2D eigenvalue weighted by Crippen LogP contribution is -2.43. The molecule has 0 radical (unpaired) electrons. The third-order valence-corrected chi connectivity index (χ3v) is 3.78. The van der Waals surface area contributed by atoms with E-state index in [0.717, 1.165) is 25.0 Å². The van der Waals surface area contributed by atoms with Crippen LogP contribution in [0, 0.1) is 17.6 Å². The molecule has 0 saturated heterocycles. The smallest absolute Gasteiger partial charge is 0.249 e. The first-order valence-corrected chi connectivity index (χ1v) is 7.43. The minimum absolute atomic E-state index is 0.207. The van der Waals surface area contributed by atoms with Crippen molar-refractivity contribution in [2.45, 2.75) is 44.9 Å². The van der Waals surface area contributed by atoms with Crippen LogP contribution in [-0.4, -0.2) is 29.8 Å². The number of aliphatic hydroxyl groups excluding tert-OH is 1. The molecule has 0 aromatic heterocycles. The lowest BCUT2D eigenvalue weighted by atomic mass is 10.0. The Bertz CT molecular complexity index is 534. The standard InChI is InChI=1S/C16H21F2NO3/c1-9(15(20)12-5-6-13(17)14(18)7-12)19-16(21)10(2)22-8-11-3-4-11/h5-7,9-11,15,20H,3-4,8H2,1-2H3,(H,19,21). The van der Waals surface area contributed by atoms with E-state index >= 15 is 0 Å². The van der Waals surface area contributed by atoms with Gasteiger partial charge >= 0.3 is 0 Å². The van der Waals surface area contributed by atoms with Gasteiger partial charge in [0.2, 0.25) is 5.91 Å². The zero-order valence-electron chi connectivity index (χ0n) is 12.7. The predicted octanol–water partition coefficient (Wildman–Crippen LogP) is 2.32. The Morgan fingerprint density at radius 1 is 1.36 bits per heavy atom. The van der Waals surface area contributed by atoms with Gasteiger partial charge in [0.25, 0.3) is 0 Å². The maximum Gasteiger partial charge on any atom is 0.249 e. The number of ether oxygens (including phenoxy) is 1. The number of amides is 1. The van der Waals surface area contributed by atoms with Gasteiger partial charge in [0, 0.05) is 0 Å². The fraction of sp³-hybridized carbons (Fsp3) is 0.562. The fourth-order valence-corrected chi connectivity index (χ4v) is 2.05. The molecule has 3 atom stereocenters. The second kappa shape index (κ2) is 7.15. The molecule has 0 heterocycles. The number of hydrogen-bond donors (Lipinski definition) is 2. The quantitative estimate of drug-likeness (QED) is 0.812. The minimum Gasteiger partial charge on any atom is -0.386 e. The summed E-state index contributed by atoms with van der Waals surface area (Å²) >= 11 is 0. The van der Waals surface area contributed by atoms with Gasteiger partial charge in [-0.3, -0.25) is 4.79 Å². The number of aliphatic hydroxyl groups is 1. The number of carbonyl (C=O) groups is 1. The highest BCUT2D eigenvalue weighted by molar-refractivity contribution is 5.80. The molecule has 1 aromatic rings. The van der Waals surface area contributed by atoms with Gasteiger partial charge in [-0.2, -0.15) is 0 Å². The first kappa shape index (κ1) is 16.8. The van der Waals surface area contributed by atoms with Crippen LogP contribution in [0.15, 0.2) is 18.2 Å². The van der Waals surface area contributed by atoms with E-state index in [1.54, 1.807) is 13.8 Å². The van der Waals surface area contributed by atoms with Crippen molar-refractivity contribution in [3.63, 3.8) is 0 Å². The van der Waals surface area contributed by atoms with Crippen molar-refractivity contribution in [2.24, 2.45) is 5.92 Å². The Kier molecular flexibility index (Phi) is 5.47. The van der Waals surface area contributed by atoms with Crippen LogP contribution in [0.4, 0.5) is 8.78 Å². The highest BCUT2D eigenvalue weighted by atomic mass is 19.2. The normalized spacial score (nSPS) is 18.6. The van der Waals surface area contributed by atoms with Crippen LogP contribution in [0.2, 0.25) is 0 Å². The number of nitrogens with one attached hydrogen (secondary N) is 1. The van der Waals surface area contributed by atoms with E-state index in [2.05, 4.69) is 5.32 Å². The molecule has 0 bridgehead atoms. The number of benzene rings is 1. The number of rotatable bonds is 7. The van der Waals surface area contributed by atoms with Crippen LogP contribution in [0.1, 0.15) is 38.4 Å². The second-order valence-corrected chi connectivity index (χ2v) is 5.83. The molecule has 1 aromatic carbocycles. The fourth-order valence-electron chi connectivity index (χ4n) is 2.05. The van der Waals surface area contributed by atoms with Gasteiger partial charge in [-0.25, -0.2) is 8.78 Å². The third-order valence-electron chi connectivity index (χ3n) is 3.78. The molecule has 1 saturated carbocycles. The summed E-state index contributed by atoms with van der Waals surface area (Å²) in [6.45, 7) is 3.81. The topological polar surface area (TPSA) is 58.6 Å². The van der Waals surface area contributed by atoms with Gasteiger partial charge in [0.15, 0.2) is 11.6 Å². The van der Waals surface area contributed by atoms with Gasteiger partial charge in [-0.05, 0) is 50.3 Å². The molecule has 1 aliphatic carbocycles. The van der Waals surface area contributed by atoms with Crippen LogP contribution in [-0.2, 0) is 9.53 Å². The minimum atomic E-state index is -1.13. The van der Waals surface area contributed by atoms with Gasteiger partial charge < -0.3 is 15.2 Å².